The molecule has 2 rings (SSSR count). The van der Waals surface area contributed by atoms with Gasteiger partial charge in [0.25, 0.3) is 0 Å². The minimum atomic E-state index is -4.82. The van der Waals surface area contributed by atoms with Crippen LogP contribution in [-0.2, 0) is 20.9 Å². The SMILES string of the molecule is CC(C)(CNS(=O)(=O)c1ccc(Cl)cc1C(F)(F)F)[NH+]1CCOCC1. The van der Waals surface area contributed by atoms with E-state index in [4.69, 9.17) is 16.3 Å². The molecule has 1 saturated heterocycles. The number of hydrogen-bond acceptors (Lipinski definition) is 3. The highest BCUT2D eigenvalue weighted by Gasteiger charge is 2.39. The van der Waals surface area contributed by atoms with Gasteiger partial charge in [-0.15, -0.1) is 0 Å². The van der Waals surface area contributed by atoms with E-state index >= 15 is 0 Å². The van der Waals surface area contributed by atoms with E-state index in [1.54, 1.807) is 0 Å². The Balaban J connectivity index is 2.22. The van der Waals surface area contributed by atoms with Gasteiger partial charge in [0, 0.05) is 5.02 Å². The fourth-order valence-electron chi connectivity index (χ4n) is 2.73. The standard InChI is InChI=1S/C15H20ClF3N2O3S/c1-14(2,21-5-7-24-8-6-21)10-20-25(22,23)13-4-3-11(16)9-12(13)15(17,18)19/h3-4,9,20H,5-8,10H2,1-2H3/p+1. The Kier molecular flexibility index (Phi) is 6.05. The topological polar surface area (TPSA) is 59.8 Å². The Morgan fingerprint density at radius 3 is 2.40 bits per heavy atom. The fourth-order valence-corrected chi connectivity index (χ4v) is 4.32. The van der Waals surface area contributed by atoms with Gasteiger partial charge in [-0.1, -0.05) is 11.6 Å². The van der Waals surface area contributed by atoms with Crippen molar-refractivity contribution >= 4 is 21.6 Å². The van der Waals surface area contributed by atoms with E-state index in [2.05, 4.69) is 4.72 Å². The van der Waals surface area contributed by atoms with Crippen LogP contribution in [0.1, 0.15) is 19.4 Å². The second-order valence-corrected chi connectivity index (χ2v) is 8.73. The van der Waals surface area contributed by atoms with E-state index in [0.29, 0.717) is 32.4 Å². The molecule has 1 aliphatic rings. The zero-order valence-corrected chi connectivity index (χ0v) is 15.5. The molecule has 0 aromatic heterocycles. The first-order valence-electron chi connectivity index (χ1n) is 7.73. The van der Waals surface area contributed by atoms with Gasteiger partial charge in [0.15, 0.2) is 0 Å². The van der Waals surface area contributed by atoms with Gasteiger partial charge in [-0.25, -0.2) is 13.1 Å². The summed E-state index contributed by atoms with van der Waals surface area (Å²) in [5.41, 5.74) is -1.76. The highest BCUT2D eigenvalue weighted by molar-refractivity contribution is 7.89. The molecule has 142 valence electrons. The number of halogens is 4. The number of nitrogens with one attached hydrogen (secondary N) is 2. The first-order chi connectivity index (χ1) is 11.4. The summed E-state index contributed by atoms with van der Waals surface area (Å²) in [7, 11) is -4.34. The first kappa shape index (κ1) is 20.4. The molecule has 0 spiro atoms. The molecule has 10 heteroatoms. The normalized spacial score (nSPS) is 17.7. The number of morpholine rings is 1. The van der Waals surface area contributed by atoms with Gasteiger partial charge in [0.2, 0.25) is 10.0 Å². The van der Waals surface area contributed by atoms with Crippen LogP contribution < -0.4 is 9.62 Å². The summed E-state index contributed by atoms with van der Waals surface area (Å²) < 4.78 is 72.0. The van der Waals surface area contributed by atoms with Crippen LogP contribution in [-0.4, -0.2) is 46.8 Å². The molecule has 0 radical (unpaired) electrons. The predicted octanol–water partition coefficient (Wildman–Crippen LogP) is 1.33. The smallest absolute Gasteiger partial charge is 0.370 e. The summed E-state index contributed by atoms with van der Waals surface area (Å²) in [6, 6.07) is 2.63. The van der Waals surface area contributed by atoms with E-state index in [-0.39, 0.29) is 11.6 Å². The van der Waals surface area contributed by atoms with Crippen LogP contribution in [0.25, 0.3) is 0 Å². The number of sulfonamides is 1. The summed E-state index contributed by atoms with van der Waals surface area (Å²) in [6.07, 6.45) is -4.82. The average Bonchev–Trinajstić information content (AvgIpc) is 2.53. The maximum absolute atomic E-state index is 13.2. The molecule has 0 atom stereocenters. The van der Waals surface area contributed by atoms with E-state index in [1.165, 1.54) is 0 Å². The lowest BCUT2D eigenvalue weighted by Gasteiger charge is -2.37. The van der Waals surface area contributed by atoms with Crippen LogP contribution in [0, 0.1) is 0 Å². The molecular formula is C15H21ClF3N2O3S+. The second-order valence-electron chi connectivity index (χ2n) is 6.56. The van der Waals surface area contributed by atoms with Crippen LogP contribution in [0.2, 0.25) is 5.02 Å². The van der Waals surface area contributed by atoms with Gasteiger partial charge in [-0.05, 0) is 32.0 Å². The third-order valence-electron chi connectivity index (χ3n) is 4.29. The lowest BCUT2D eigenvalue weighted by atomic mass is 10.0. The molecule has 0 bridgehead atoms. The third kappa shape index (κ3) is 5.07. The molecule has 25 heavy (non-hydrogen) atoms. The molecule has 0 amide bonds. The van der Waals surface area contributed by atoms with Crippen molar-refractivity contribution in [2.45, 2.75) is 30.5 Å². The minimum absolute atomic E-state index is 0.00455. The summed E-state index contributed by atoms with van der Waals surface area (Å²) in [4.78, 5) is 0.311. The highest BCUT2D eigenvalue weighted by atomic mass is 35.5. The van der Waals surface area contributed by atoms with Gasteiger partial charge in [0.1, 0.15) is 18.6 Å². The van der Waals surface area contributed by atoms with Crippen molar-refractivity contribution < 1.29 is 31.2 Å². The first-order valence-corrected chi connectivity index (χ1v) is 9.59. The molecule has 1 aliphatic heterocycles. The van der Waals surface area contributed by atoms with Crippen LogP contribution in [0.3, 0.4) is 0 Å². The zero-order valence-electron chi connectivity index (χ0n) is 13.9. The van der Waals surface area contributed by atoms with E-state index in [9.17, 15) is 21.6 Å². The molecule has 1 fully saturated rings. The molecule has 1 aromatic rings. The van der Waals surface area contributed by atoms with Crippen molar-refractivity contribution in [1.29, 1.82) is 0 Å². The largest absolute Gasteiger partial charge is 0.417 e. The van der Waals surface area contributed by atoms with Crippen molar-refractivity contribution in [2.24, 2.45) is 0 Å². The van der Waals surface area contributed by atoms with Crippen molar-refractivity contribution in [3.05, 3.63) is 28.8 Å². The number of hydrogen-bond donors (Lipinski definition) is 2. The van der Waals surface area contributed by atoms with Gasteiger partial charge >= 0.3 is 6.18 Å². The molecule has 0 saturated carbocycles. The van der Waals surface area contributed by atoms with Crippen molar-refractivity contribution in [3.63, 3.8) is 0 Å². The lowest BCUT2D eigenvalue weighted by molar-refractivity contribution is -0.954. The third-order valence-corrected chi connectivity index (χ3v) is 5.99. The molecule has 1 heterocycles. The molecule has 1 aromatic carbocycles. The van der Waals surface area contributed by atoms with Gasteiger partial charge in [0.05, 0.1) is 30.2 Å². The molecular weight excluding hydrogens is 381 g/mol. The van der Waals surface area contributed by atoms with Crippen molar-refractivity contribution in [3.8, 4) is 0 Å². The van der Waals surface area contributed by atoms with Gasteiger partial charge < -0.3 is 9.64 Å². The van der Waals surface area contributed by atoms with E-state index < -0.39 is 32.2 Å². The Labute approximate surface area is 150 Å². The van der Waals surface area contributed by atoms with E-state index in [1.807, 2.05) is 13.8 Å². The van der Waals surface area contributed by atoms with Crippen LogP contribution in [0.4, 0.5) is 13.2 Å². The predicted molar refractivity (Wildman–Crippen MR) is 87.2 cm³/mol. The summed E-state index contributed by atoms with van der Waals surface area (Å²) >= 11 is 5.59. The number of alkyl halides is 3. The van der Waals surface area contributed by atoms with Gasteiger partial charge in [-0.2, -0.15) is 13.2 Å². The van der Waals surface area contributed by atoms with Crippen LogP contribution in [0.5, 0.6) is 0 Å². The van der Waals surface area contributed by atoms with E-state index in [0.717, 1.165) is 17.0 Å². The number of ether oxygens (including phenoxy) is 1. The molecule has 5 nitrogen and oxygen atoms in total. The maximum Gasteiger partial charge on any atom is 0.417 e. The second kappa shape index (κ2) is 7.40. The quantitative estimate of drug-likeness (QED) is 0.782. The maximum atomic E-state index is 13.2. The summed E-state index contributed by atoms with van der Waals surface area (Å²) in [5.74, 6) is 0. The monoisotopic (exact) mass is 401 g/mol. The Hall–Kier alpha value is -0.870. The summed E-state index contributed by atoms with van der Waals surface area (Å²) in [6.45, 7) is 6.30. The van der Waals surface area contributed by atoms with Gasteiger partial charge in [-0.3, -0.25) is 0 Å². The minimum Gasteiger partial charge on any atom is -0.370 e. The summed E-state index contributed by atoms with van der Waals surface area (Å²) in [5, 5.41) is -0.177. The average molecular weight is 402 g/mol. The van der Waals surface area contributed by atoms with Crippen LogP contribution >= 0.6 is 11.6 Å². The molecule has 0 unspecified atom stereocenters. The number of quaternary nitrogens is 1. The Morgan fingerprint density at radius 1 is 1.24 bits per heavy atom. The number of benzene rings is 1. The number of rotatable bonds is 5. The van der Waals surface area contributed by atoms with Crippen LogP contribution in [0.15, 0.2) is 23.1 Å². The fraction of sp³-hybridized carbons (Fsp3) is 0.600. The zero-order chi connectivity index (χ0) is 18.9. The van der Waals surface area contributed by atoms with Crippen molar-refractivity contribution in [2.75, 3.05) is 32.8 Å². The molecule has 2 N–H and O–H groups in total. The Morgan fingerprint density at radius 2 is 1.84 bits per heavy atom. The van der Waals surface area contributed by atoms with Crippen molar-refractivity contribution in [1.82, 2.24) is 4.72 Å². The highest BCUT2D eigenvalue weighted by Crippen LogP contribution is 2.35. The lowest BCUT2D eigenvalue weighted by Crippen LogP contribution is -3.22. The Bertz CT molecular complexity index is 717. The molecule has 0 aliphatic carbocycles.